The summed E-state index contributed by atoms with van der Waals surface area (Å²) in [5.74, 6) is -0.0490. The molecule has 0 aliphatic heterocycles. The monoisotopic (exact) mass is 314 g/mol. The summed E-state index contributed by atoms with van der Waals surface area (Å²) in [6, 6.07) is 5.57. The Morgan fingerprint density at radius 1 is 1.29 bits per heavy atom. The van der Waals surface area contributed by atoms with E-state index < -0.39 is 10.0 Å². The molecule has 2 N–H and O–H groups in total. The number of aromatic hydroxyl groups is 1. The zero-order valence-corrected chi connectivity index (χ0v) is 13.9. The molecule has 0 saturated carbocycles. The van der Waals surface area contributed by atoms with Gasteiger partial charge in [0.1, 0.15) is 5.75 Å². The third-order valence-electron chi connectivity index (χ3n) is 3.49. The first kappa shape index (κ1) is 17.9. The van der Waals surface area contributed by atoms with E-state index in [2.05, 4.69) is 23.5 Å². The van der Waals surface area contributed by atoms with Crippen LogP contribution in [0.2, 0.25) is 0 Å². The number of nitrogens with one attached hydrogen (secondary N) is 1. The van der Waals surface area contributed by atoms with Gasteiger partial charge < -0.3 is 10.0 Å². The Morgan fingerprint density at radius 3 is 2.52 bits per heavy atom. The highest BCUT2D eigenvalue weighted by molar-refractivity contribution is 7.89. The molecule has 0 fully saturated rings. The molecule has 5 nitrogen and oxygen atoms in total. The summed E-state index contributed by atoms with van der Waals surface area (Å²) in [7, 11) is -3.57. The topological polar surface area (TPSA) is 69.6 Å². The second-order valence-electron chi connectivity index (χ2n) is 5.19. The number of benzene rings is 1. The number of nitrogens with zero attached hydrogens (tertiary/aromatic N) is 1. The molecule has 1 atom stereocenters. The van der Waals surface area contributed by atoms with Gasteiger partial charge in [0.15, 0.2) is 0 Å². The molecule has 1 rings (SSSR count). The summed E-state index contributed by atoms with van der Waals surface area (Å²) < 4.78 is 27.0. The fourth-order valence-electron chi connectivity index (χ4n) is 2.20. The van der Waals surface area contributed by atoms with Crippen molar-refractivity contribution in [2.24, 2.45) is 0 Å². The molecule has 0 aliphatic rings. The van der Waals surface area contributed by atoms with Crippen LogP contribution in [0.5, 0.6) is 5.75 Å². The van der Waals surface area contributed by atoms with E-state index in [-0.39, 0.29) is 16.7 Å². The molecule has 21 heavy (non-hydrogen) atoms. The molecule has 1 aromatic carbocycles. The van der Waals surface area contributed by atoms with Gasteiger partial charge in [-0.1, -0.05) is 19.9 Å². The first-order valence-electron chi connectivity index (χ1n) is 7.42. The minimum absolute atomic E-state index is 0.0490. The second kappa shape index (κ2) is 8.36. The maximum atomic E-state index is 12.2. The molecule has 0 bridgehead atoms. The number of hydrogen-bond acceptors (Lipinski definition) is 4. The van der Waals surface area contributed by atoms with Gasteiger partial charge in [-0.2, -0.15) is 0 Å². The average molecular weight is 314 g/mol. The highest BCUT2D eigenvalue weighted by Crippen LogP contribution is 2.16. The van der Waals surface area contributed by atoms with Crippen LogP contribution in [0, 0.1) is 0 Å². The maximum Gasteiger partial charge on any atom is 0.240 e. The van der Waals surface area contributed by atoms with E-state index >= 15 is 0 Å². The molecule has 0 amide bonds. The fraction of sp³-hybridized carbons (Fsp3) is 0.600. The highest BCUT2D eigenvalue weighted by atomic mass is 32.2. The predicted molar refractivity (Wildman–Crippen MR) is 84.9 cm³/mol. The third kappa shape index (κ3) is 6.03. The Bertz CT molecular complexity index is 527. The van der Waals surface area contributed by atoms with Gasteiger partial charge in [-0.05, 0) is 57.6 Å². The van der Waals surface area contributed by atoms with E-state index in [0.29, 0.717) is 0 Å². The van der Waals surface area contributed by atoms with Crippen LogP contribution in [0.25, 0.3) is 0 Å². The first-order chi connectivity index (χ1) is 9.89. The molecule has 1 unspecified atom stereocenters. The number of hydrogen-bond donors (Lipinski definition) is 2. The van der Waals surface area contributed by atoms with Crippen LogP contribution < -0.4 is 4.72 Å². The summed E-state index contributed by atoms with van der Waals surface area (Å²) in [6.45, 7) is 9.11. The van der Waals surface area contributed by atoms with Crippen molar-refractivity contribution >= 4 is 10.0 Å². The molecule has 6 heteroatoms. The van der Waals surface area contributed by atoms with Gasteiger partial charge >= 0.3 is 0 Å². The summed E-state index contributed by atoms with van der Waals surface area (Å²) >= 11 is 0. The Morgan fingerprint density at radius 2 is 1.95 bits per heavy atom. The standard InChI is InChI=1S/C15H26N2O3S/c1-4-17(5-2)11-7-8-13(3)16-21(19,20)15-10-6-9-14(18)12-15/h6,9-10,12-13,16,18H,4-5,7-8,11H2,1-3H3. The summed E-state index contributed by atoms with van der Waals surface area (Å²) in [4.78, 5) is 2.41. The zero-order valence-electron chi connectivity index (χ0n) is 13.0. The van der Waals surface area contributed by atoms with E-state index in [0.717, 1.165) is 32.5 Å². The average Bonchev–Trinajstić information content (AvgIpc) is 2.43. The third-order valence-corrected chi connectivity index (χ3v) is 5.08. The lowest BCUT2D eigenvalue weighted by Crippen LogP contribution is -2.33. The number of rotatable bonds is 9. The molecule has 1 aromatic rings. The van der Waals surface area contributed by atoms with Crippen LogP contribution in [-0.2, 0) is 10.0 Å². The van der Waals surface area contributed by atoms with Crippen LogP contribution in [0.1, 0.15) is 33.6 Å². The van der Waals surface area contributed by atoms with Gasteiger partial charge in [0.05, 0.1) is 4.90 Å². The van der Waals surface area contributed by atoms with Crippen molar-refractivity contribution < 1.29 is 13.5 Å². The van der Waals surface area contributed by atoms with Crippen molar-refractivity contribution in [3.63, 3.8) is 0 Å². The summed E-state index contributed by atoms with van der Waals surface area (Å²) in [6.07, 6.45) is 1.74. The molecular formula is C15H26N2O3S. The molecule has 0 saturated heterocycles. The molecular weight excluding hydrogens is 288 g/mol. The lowest BCUT2D eigenvalue weighted by Gasteiger charge is -2.19. The quantitative estimate of drug-likeness (QED) is 0.733. The van der Waals surface area contributed by atoms with E-state index in [4.69, 9.17) is 0 Å². The van der Waals surface area contributed by atoms with E-state index in [1.807, 2.05) is 6.92 Å². The van der Waals surface area contributed by atoms with Crippen molar-refractivity contribution in [2.45, 2.75) is 44.6 Å². The maximum absolute atomic E-state index is 12.2. The lowest BCUT2D eigenvalue weighted by molar-refractivity contribution is 0.293. The van der Waals surface area contributed by atoms with Crippen LogP contribution in [0.4, 0.5) is 0 Å². The fourth-order valence-corrected chi connectivity index (χ4v) is 3.52. The molecule has 0 aliphatic carbocycles. The Labute approximate surface area is 128 Å². The van der Waals surface area contributed by atoms with Crippen LogP contribution >= 0.6 is 0 Å². The molecule has 0 radical (unpaired) electrons. The summed E-state index contributed by atoms with van der Waals surface area (Å²) in [5, 5.41) is 9.37. The number of phenols is 1. The van der Waals surface area contributed by atoms with Crippen molar-refractivity contribution in [2.75, 3.05) is 19.6 Å². The van der Waals surface area contributed by atoms with E-state index in [1.165, 1.54) is 24.3 Å². The Kier molecular flexibility index (Phi) is 7.14. The molecule has 0 heterocycles. The normalized spacial score (nSPS) is 13.5. The second-order valence-corrected chi connectivity index (χ2v) is 6.90. The van der Waals surface area contributed by atoms with Crippen molar-refractivity contribution in [3.05, 3.63) is 24.3 Å². The van der Waals surface area contributed by atoms with Crippen molar-refractivity contribution in [1.82, 2.24) is 9.62 Å². The van der Waals surface area contributed by atoms with Gasteiger partial charge in [-0.25, -0.2) is 13.1 Å². The largest absolute Gasteiger partial charge is 0.508 e. The van der Waals surface area contributed by atoms with Crippen molar-refractivity contribution in [1.29, 1.82) is 0 Å². The Hall–Kier alpha value is -1.11. The minimum atomic E-state index is -3.57. The minimum Gasteiger partial charge on any atom is -0.508 e. The van der Waals surface area contributed by atoms with Gasteiger partial charge in [0.2, 0.25) is 10.0 Å². The first-order valence-corrected chi connectivity index (χ1v) is 8.91. The SMILES string of the molecule is CCN(CC)CCCC(C)NS(=O)(=O)c1cccc(O)c1. The molecule has 120 valence electrons. The van der Waals surface area contributed by atoms with Gasteiger partial charge in [0.25, 0.3) is 0 Å². The van der Waals surface area contributed by atoms with Crippen molar-refractivity contribution in [3.8, 4) is 5.75 Å². The number of phenolic OH excluding ortho intramolecular Hbond substituents is 1. The lowest BCUT2D eigenvalue weighted by atomic mass is 10.2. The van der Waals surface area contributed by atoms with Gasteiger partial charge in [0, 0.05) is 6.04 Å². The Balaban J connectivity index is 2.52. The predicted octanol–water partition coefficient (Wildman–Crippen LogP) is 2.18. The zero-order chi connectivity index (χ0) is 15.9. The van der Waals surface area contributed by atoms with Crippen LogP contribution in [-0.4, -0.2) is 44.1 Å². The summed E-state index contributed by atoms with van der Waals surface area (Å²) in [5.41, 5.74) is 0. The molecule has 0 aromatic heterocycles. The highest BCUT2D eigenvalue weighted by Gasteiger charge is 2.17. The van der Waals surface area contributed by atoms with E-state index in [1.54, 1.807) is 0 Å². The van der Waals surface area contributed by atoms with Crippen LogP contribution in [0.3, 0.4) is 0 Å². The van der Waals surface area contributed by atoms with E-state index in [9.17, 15) is 13.5 Å². The van der Waals surface area contributed by atoms with Gasteiger partial charge in [-0.15, -0.1) is 0 Å². The smallest absolute Gasteiger partial charge is 0.240 e. The molecule has 0 spiro atoms. The van der Waals surface area contributed by atoms with Gasteiger partial charge in [-0.3, -0.25) is 0 Å². The number of sulfonamides is 1. The van der Waals surface area contributed by atoms with Crippen LogP contribution in [0.15, 0.2) is 29.2 Å².